The van der Waals surface area contributed by atoms with Crippen LogP contribution in [0.1, 0.15) is 30.8 Å². The zero-order valence-corrected chi connectivity index (χ0v) is 15.8. The molecule has 3 aromatic rings. The van der Waals surface area contributed by atoms with Gasteiger partial charge >= 0.3 is 0 Å². The first kappa shape index (κ1) is 18.1. The molecule has 6 nitrogen and oxygen atoms in total. The van der Waals surface area contributed by atoms with Crippen molar-refractivity contribution < 1.29 is 9.53 Å². The van der Waals surface area contributed by atoms with Gasteiger partial charge in [0.15, 0.2) is 4.96 Å². The van der Waals surface area contributed by atoms with E-state index in [1.165, 1.54) is 21.8 Å². The van der Waals surface area contributed by atoms with Crippen molar-refractivity contribution >= 4 is 27.9 Å². The van der Waals surface area contributed by atoms with E-state index in [4.69, 9.17) is 4.74 Å². The highest BCUT2D eigenvalue weighted by Gasteiger charge is 2.11. The predicted octanol–water partition coefficient (Wildman–Crippen LogP) is 3.63. The smallest absolute Gasteiger partial charge is 0.258 e. The third-order valence-corrected chi connectivity index (χ3v) is 4.56. The lowest BCUT2D eigenvalue weighted by atomic mass is 10.1. The maximum atomic E-state index is 12.2. The Balaban J connectivity index is 1.76. The molecule has 1 aromatic carbocycles. The molecule has 2 heterocycles. The van der Waals surface area contributed by atoms with E-state index in [2.05, 4.69) is 10.3 Å². The van der Waals surface area contributed by atoms with E-state index in [0.717, 1.165) is 4.88 Å². The molecule has 26 heavy (non-hydrogen) atoms. The van der Waals surface area contributed by atoms with Crippen LogP contribution in [0.4, 0.5) is 5.69 Å². The Morgan fingerprint density at radius 1 is 1.35 bits per heavy atom. The number of fused-ring (bicyclic) bond motifs is 1. The molecule has 0 aliphatic carbocycles. The first-order chi connectivity index (χ1) is 12.4. The second-order valence-electron chi connectivity index (χ2n) is 6.51. The maximum Gasteiger partial charge on any atom is 0.258 e. The van der Waals surface area contributed by atoms with Crippen molar-refractivity contribution in [3.05, 3.63) is 57.5 Å². The summed E-state index contributed by atoms with van der Waals surface area (Å²) in [5, 5.41) is 2.87. The number of nitrogens with one attached hydrogen (secondary N) is 1. The molecule has 0 aliphatic heterocycles. The van der Waals surface area contributed by atoms with E-state index in [0.29, 0.717) is 28.5 Å². The molecule has 0 bridgehead atoms. The van der Waals surface area contributed by atoms with Crippen molar-refractivity contribution in [1.29, 1.82) is 0 Å². The van der Waals surface area contributed by atoms with Crippen LogP contribution in [0.25, 0.3) is 4.96 Å². The lowest BCUT2D eigenvalue weighted by Crippen LogP contribution is -2.16. The van der Waals surface area contributed by atoms with Crippen molar-refractivity contribution in [2.75, 3.05) is 5.32 Å². The van der Waals surface area contributed by atoms with Gasteiger partial charge < -0.3 is 10.1 Å². The summed E-state index contributed by atoms with van der Waals surface area (Å²) in [6.45, 7) is 6.08. The Morgan fingerprint density at radius 2 is 2.12 bits per heavy atom. The molecule has 7 heteroatoms. The number of hydrogen-bond donors (Lipinski definition) is 1. The Hall–Kier alpha value is -2.67. The summed E-state index contributed by atoms with van der Waals surface area (Å²) in [6, 6.07) is 8.72. The topological polar surface area (TPSA) is 72.7 Å². The molecule has 3 rings (SSSR count). The number of amides is 1. The summed E-state index contributed by atoms with van der Waals surface area (Å²) >= 11 is 1.46. The maximum absolute atomic E-state index is 12.2. The Bertz CT molecular complexity index is 991. The van der Waals surface area contributed by atoms with Crippen LogP contribution in [0.5, 0.6) is 5.75 Å². The highest BCUT2D eigenvalue weighted by atomic mass is 32.1. The molecule has 0 unspecified atom stereocenters. The van der Waals surface area contributed by atoms with E-state index < -0.39 is 0 Å². The van der Waals surface area contributed by atoms with Crippen LogP contribution in [-0.4, -0.2) is 15.3 Å². The lowest BCUT2D eigenvalue weighted by Gasteiger charge is -2.13. The number of hydrogen-bond acceptors (Lipinski definition) is 5. The Morgan fingerprint density at radius 3 is 2.88 bits per heavy atom. The fourth-order valence-electron chi connectivity index (χ4n) is 2.55. The second kappa shape index (κ2) is 7.70. The Kier molecular flexibility index (Phi) is 5.37. The summed E-state index contributed by atoms with van der Waals surface area (Å²) < 4.78 is 7.35. The normalized spacial score (nSPS) is 11.1. The van der Waals surface area contributed by atoms with Crippen LogP contribution in [0, 0.1) is 12.8 Å². The van der Waals surface area contributed by atoms with Crippen LogP contribution in [0.3, 0.4) is 0 Å². The minimum atomic E-state index is -0.128. The first-order valence-electron chi connectivity index (χ1n) is 8.43. The van der Waals surface area contributed by atoms with Gasteiger partial charge in [-0.05, 0) is 25.0 Å². The van der Waals surface area contributed by atoms with Crippen molar-refractivity contribution in [3.63, 3.8) is 0 Å². The van der Waals surface area contributed by atoms with Crippen molar-refractivity contribution in [2.24, 2.45) is 5.92 Å². The first-order valence-corrected chi connectivity index (χ1v) is 9.24. The summed E-state index contributed by atoms with van der Waals surface area (Å²) in [5.74, 6) is 0.776. The largest absolute Gasteiger partial charge is 0.485 e. The predicted molar refractivity (Wildman–Crippen MR) is 103 cm³/mol. The van der Waals surface area contributed by atoms with E-state index in [1.54, 1.807) is 18.3 Å². The zero-order valence-electron chi connectivity index (χ0n) is 15.0. The third kappa shape index (κ3) is 4.29. The number of anilines is 1. The SMILES string of the molecule is Cc1cn2c(=O)cc(COc3ccccc3NC(=O)CC(C)C)nc2s1. The average Bonchev–Trinajstić information content (AvgIpc) is 2.94. The Labute approximate surface area is 155 Å². The van der Waals surface area contributed by atoms with Crippen LogP contribution < -0.4 is 15.6 Å². The molecule has 0 radical (unpaired) electrons. The molecule has 136 valence electrons. The molecular weight excluding hydrogens is 350 g/mol. The van der Waals surface area contributed by atoms with Gasteiger partial charge in [-0.1, -0.05) is 26.0 Å². The quantitative estimate of drug-likeness (QED) is 0.718. The zero-order chi connectivity index (χ0) is 18.7. The molecule has 1 N–H and O–H groups in total. The number of carbonyl (C=O) groups excluding carboxylic acids is 1. The van der Waals surface area contributed by atoms with Gasteiger partial charge in [-0.2, -0.15) is 0 Å². The number of rotatable bonds is 6. The second-order valence-corrected chi connectivity index (χ2v) is 7.72. The minimum Gasteiger partial charge on any atom is -0.485 e. The van der Waals surface area contributed by atoms with E-state index in [1.807, 2.05) is 32.9 Å². The van der Waals surface area contributed by atoms with Crippen LogP contribution >= 0.6 is 11.3 Å². The fourth-order valence-corrected chi connectivity index (χ4v) is 3.40. The van der Waals surface area contributed by atoms with Gasteiger partial charge in [0.05, 0.1) is 11.4 Å². The summed E-state index contributed by atoms with van der Waals surface area (Å²) in [5.41, 5.74) is 1.04. The molecule has 0 spiro atoms. The lowest BCUT2D eigenvalue weighted by molar-refractivity contribution is -0.116. The molecule has 0 saturated carbocycles. The number of thiazole rings is 1. The highest BCUT2D eigenvalue weighted by molar-refractivity contribution is 7.16. The van der Waals surface area contributed by atoms with Crippen LogP contribution in [0.15, 0.2) is 41.3 Å². The van der Waals surface area contributed by atoms with Gasteiger partial charge in [-0.15, -0.1) is 11.3 Å². The number of para-hydroxylation sites is 2. The van der Waals surface area contributed by atoms with E-state index in [9.17, 15) is 9.59 Å². The van der Waals surface area contributed by atoms with Crippen molar-refractivity contribution in [3.8, 4) is 5.75 Å². The number of nitrogens with zero attached hydrogens (tertiary/aromatic N) is 2. The standard InChI is InChI=1S/C19H21N3O3S/c1-12(2)8-17(23)21-15-6-4-5-7-16(15)25-11-14-9-18(24)22-10-13(3)26-19(22)20-14/h4-7,9-10,12H,8,11H2,1-3H3,(H,21,23). The highest BCUT2D eigenvalue weighted by Crippen LogP contribution is 2.25. The van der Waals surface area contributed by atoms with E-state index >= 15 is 0 Å². The molecule has 2 aromatic heterocycles. The summed E-state index contributed by atoms with van der Waals surface area (Å²) in [4.78, 5) is 30.3. The number of aryl methyl sites for hydroxylation is 1. The summed E-state index contributed by atoms with van der Waals surface area (Å²) in [6.07, 6.45) is 2.22. The molecule has 0 aliphatic rings. The van der Waals surface area contributed by atoms with Gasteiger partial charge in [0, 0.05) is 23.6 Å². The van der Waals surface area contributed by atoms with Crippen LogP contribution in [-0.2, 0) is 11.4 Å². The third-order valence-electron chi connectivity index (χ3n) is 3.67. The number of benzene rings is 1. The fraction of sp³-hybridized carbons (Fsp3) is 0.316. The molecule has 0 atom stereocenters. The van der Waals surface area contributed by atoms with Gasteiger partial charge in [-0.25, -0.2) is 4.98 Å². The van der Waals surface area contributed by atoms with E-state index in [-0.39, 0.29) is 24.0 Å². The van der Waals surface area contributed by atoms with Crippen LogP contribution in [0.2, 0.25) is 0 Å². The van der Waals surface area contributed by atoms with Gasteiger partial charge in [0.1, 0.15) is 12.4 Å². The number of ether oxygens (including phenoxy) is 1. The molecular formula is C19H21N3O3S. The average molecular weight is 371 g/mol. The number of carbonyl (C=O) groups is 1. The van der Waals surface area contributed by atoms with Crippen molar-refractivity contribution in [1.82, 2.24) is 9.38 Å². The molecule has 0 fully saturated rings. The molecule has 1 amide bonds. The van der Waals surface area contributed by atoms with Crippen molar-refractivity contribution in [2.45, 2.75) is 33.8 Å². The van der Waals surface area contributed by atoms with Gasteiger partial charge in [0.25, 0.3) is 5.56 Å². The monoisotopic (exact) mass is 371 g/mol. The molecule has 0 saturated heterocycles. The van der Waals surface area contributed by atoms with Gasteiger partial charge in [-0.3, -0.25) is 14.0 Å². The summed E-state index contributed by atoms with van der Waals surface area (Å²) in [7, 11) is 0. The minimum absolute atomic E-state index is 0.0529. The number of aromatic nitrogens is 2. The van der Waals surface area contributed by atoms with Gasteiger partial charge in [0.2, 0.25) is 5.91 Å².